The molecular weight excluding hydrogens is 595 g/mol. The van der Waals surface area contributed by atoms with Gasteiger partial charge in [0.25, 0.3) is 11.8 Å². The molecule has 0 spiro atoms. The maximum absolute atomic E-state index is 14.7. The number of ether oxygens (including phenoxy) is 3. The molecule has 46 heavy (non-hydrogen) atoms. The Kier molecular flexibility index (Phi) is 8.86. The van der Waals surface area contributed by atoms with Gasteiger partial charge in [0, 0.05) is 55.5 Å². The molecule has 2 atom stereocenters. The van der Waals surface area contributed by atoms with Crippen LogP contribution in [0.2, 0.25) is 0 Å². The highest BCUT2D eigenvalue weighted by Gasteiger charge is 2.35. The number of hydrogen-bond donors (Lipinski definition) is 3. The van der Waals surface area contributed by atoms with Crippen molar-refractivity contribution in [3.63, 3.8) is 0 Å². The van der Waals surface area contributed by atoms with Gasteiger partial charge in [-0.05, 0) is 47.9 Å². The lowest BCUT2D eigenvalue weighted by atomic mass is 9.99. The number of fused-ring (bicyclic) bond motifs is 6. The average molecular weight is 629 g/mol. The zero-order valence-electron chi connectivity index (χ0n) is 25.1. The number of rotatable bonds is 2. The number of methoxy groups -OCH3 is 1. The lowest BCUT2D eigenvalue weighted by Gasteiger charge is -2.39. The summed E-state index contributed by atoms with van der Waals surface area (Å²) in [7, 11) is 1.49. The molecule has 1 fully saturated rings. The van der Waals surface area contributed by atoms with E-state index >= 15 is 0 Å². The van der Waals surface area contributed by atoms with E-state index in [1.807, 2.05) is 6.07 Å². The molecule has 4 bridgehead atoms. The predicted molar refractivity (Wildman–Crippen MR) is 166 cm³/mol. The van der Waals surface area contributed by atoms with Gasteiger partial charge < -0.3 is 34.7 Å². The first-order chi connectivity index (χ1) is 22.2. The third kappa shape index (κ3) is 6.96. The molecule has 3 heterocycles. The van der Waals surface area contributed by atoms with Crippen LogP contribution in [0.5, 0.6) is 17.2 Å². The largest absolute Gasteiger partial charge is 0.493 e. The number of nitrogens with one attached hydrogen (secondary N) is 3. The van der Waals surface area contributed by atoms with Gasteiger partial charge in [0.15, 0.2) is 18.1 Å². The van der Waals surface area contributed by atoms with Crippen LogP contribution in [0, 0.1) is 5.82 Å². The number of aromatic amines is 1. The van der Waals surface area contributed by atoms with Gasteiger partial charge in [-0.3, -0.25) is 19.2 Å². The maximum Gasteiger partial charge on any atom is 0.258 e. The van der Waals surface area contributed by atoms with Gasteiger partial charge in [0.1, 0.15) is 17.7 Å². The average Bonchev–Trinajstić information content (AvgIpc) is 3.05. The molecule has 11 nitrogen and oxygen atoms in total. The summed E-state index contributed by atoms with van der Waals surface area (Å²) in [5.74, 6) is -0.585. The number of halogens is 1. The summed E-state index contributed by atoms with van der Waals surface area (Å²) in [5.41, 5.74) is 1.70. The smallest absolute Gasteiger partial charge is 0.258 e. The molecule has 3 N–H and O–H groups in total. The first-order valence-electron chi connectivity index (χ1n) is 15.0. The number of carbonyl (C=O) groups is 3. The summed E-state index contributed by atoms with van der Waals surface area (Å²) < 4.78 is 32.1. The standard InChI is InChI=1S/C34H33FN4O7/c1-44-29-8-6-20-7-9-31(40)36-17-21-12-22(35)15-23(13-21)46-28-10-11-39(18-27(28)38-33(42)19-45-30(29)14-20)34(43)25-16-32(41)37-26-5-3-2-4-24(25)26/h2-6,8,12-16,27-28H,7,9-11,17-19H2,1H3,(H,36,40)(H,37,41)(H,38,42)/t27-,28-/m1/s1. The van der Waals surface area contributed by atoms with Crippen molar-refractivity contribution in [2.45, 2.75) is 38.0 Å². The van der Waals surface area contributed by atoms with Crippen LogP contribution in [0.15, 0.2) is 71.5 Å². The number of aromatic nitrogens is 1. The molecule has 1 aromatic heterocycles. The van der Waals surface area contributed by atoms with Crippen LogP contribution in [-0.2, 0) is 22.6 Å². The van der Waals surface area contributed by atoms with Crippen molar-refractivity contribution in [1.29, 1.82) is 0 Å². The number of benzene rings is 3. The fourth-order valence-electron chi connectivity index (χ4n) is 5.84. The zero-order chi connectivity index (χ0) is 32.2. The number of aryl methyl sites for hydroxylation is 1. The Morgan fingerprint density at radius 1 is 0.978 bits per heavy atom. The minimum atomic E-state index is -0.708. The quantitative estimate of drug-likeness (QED) is 0.310. The lowest BCUT2D eigenvalue weighted by molar-refractivity contribution is -0.125. The molecular formula is C34H33FN4O7. The SMILES string of the molecule is COc1ccc2cc1OCC(=O)N[C@@H]1CN(C(=O)c3cc(=O)[nH]c4ccccc34)CC[C@H]1Oc1cc(F)cc(c1)CNC(=O)CC2. The van der Waals surface area contributed by atoms with Gasteiger partial charge >= 0.3 is 0 Å². The Hall–Kier alpha value is -5.39. The molecule has 4 aromatic rings. The van der Waals surface area contributed by atoms with Crippen molar-refractivity contribution in [3.8, 4) is 17.2 Å². The van der Waals surface area contributed by atoms with Crippen molar-refractivity contribution in [2.75, 3.05) is 26.8 Å². The molecule has 1 saturated heterocycles. The number of amides is 3. The minimum Gasteiger partial charge on any atom is -0.493 e. The molecule has 238 valence electrons. The number of likely N-dealkylation sites (tertiary alicyclic amines) is 1. The van der Waals surface area contributed by atoms with E-state index in [9.17, 15) is 23.6 Å². The van der Waals surface area contributed by atoms with E-state index < -0.39 is 29.4 Å². The molecule has 6 rings (SSSR count). The second-order valence-corrected chi connectivity index (χ2v) is 11.3. The van der Waals surface area contributed by atoms with Crippen molar-refractivity contribution in [3.05, 3.63) is 99.6 Å². The maximum atomic E-state index is 14.7. The minimum absolute atomic E-state index is 0.0629. The Labute approximate surface area is 263 Å². The number of hydrogen-bond acceptors (Lipinski definition) is 7. The number of para-hydroxylation sites is 1. The van der Waals surface area contributed by atoms with E-state index in [4.69, 9.17) is 14.2 Å². The zero-order valence-corrected chi connectivity index (χ0v) is 25.1. The van der Waals surface area contributed by atoms with Gasteiger partial charge in [-0.15, -0.1) is 0 Å². The van der Waals surface area contributed by atoms with Crippen LogP contribution < -0.4 is 30.4 Å². The predicted octanol–water partition coefficient (Wildman–Crippen LogP) is 3.10. The van der Waals surface area contributed by atoms with Crippen LogP contribution in [-0.4, -0.2) is 66.6 Å². The second kappa shape index (κ2) is 13.3. The summed E-state index contributed by atoms with van der Waals surface area (Å²) in [6.07, 6.45) is 0.269. The van der Waals surface area contributed by atoms with Crippen LogP contribution >= 0.6 is 0 Å². The molecule has 0 saturated carbocycles. The summed E-state index contributed by atoms with van der Waals surface area (Å²) in [6.45, 7) is 0.0601. The van der Waals surface area contributed by atoms with Gasteiger partial charge in [-0.25, -0.2) is 4.39 Å². The summed E-state index contributed by atoms with van der Waals surface area (Å²) in [4.78, 5) is 56.3. The first-order valence-corrected chi connectivity index (χ1v) is 15.0. The summed E-state index contributed by atoms with van der Waals surface area (Å²) in [6, 6.07) is 17.1. The molecule has 12 heteroatoms. The number of H-pyrrole nitrogens is 1. The van der Waals surface area contributed by atoms with Gasteiger partial charge in [-0.1, -0.05) is 24.3 Å². The number of carbonyl (C=O) groups excluding carboxylic acids is 3. The van der Waals surface area contributed by atoms with E-state index in [1.54, 1.807) is 47.4 Å². The molecule has 2 aliphatic rings. The third-order valence-electron chi connectivity index (χ3n) is 8.10. The lowest BCUT2D eigenvalue weighted by Crippen LogP contribution is -2.58. The first kappa shape index (κ1) is 30.6. The van der Waals surface area contributed by atoms with Crippen LogP contribution in [0.1, 0.15) is 34.3 Å². The Morgan fingerprint density at radius 2 is 1.83 bits per heavy atom. The van der Waals surface area contributed by atoms with Crippen LogP contribution in [0.4, 0.5) is 4.39 Å². The topological polar surface area (TPSA) is 139 Å². The van der Waals surface area contributed by atoms with Crippen LogP contribution in [0.3, 0.4) is 0 Å². The molecule has 0 radical (unpaired) electrons. The molecule has 0 unspecified atom stereocenters. The van der Waals surface area contributed by atoms with E-state index in [-0.39, 0.29) is 55.8 Å². The second-order valence-electron chi connectivity index (χ2n) is 11.3. The fraction of sp³-hybridized carbons (Fsp3) is 0.294. The number of pyridine rings is 1. The highest BCUT2D eigenvalue weighted by molar-refractivity contribution is 6.06. The molecule has 3 amide bonds. The molecule has 2 aliphatic heterocycles. The van der Waals surface area contributed by atoms with Crippen molar-refractivity contribution in [2.24, 2.45) is 0 Å². The highest BCUT2D eigenvalue weighted by Crippen LogP contribution is 2.29. The normalized spacial score (nSPS) is 19.0. The number of nitrogens with zero attached hydrogens (tertiary/aromatic N) is 1. The third-order valence-corrected chi connectivity index (χ3v) is 8.10. The summed E-state index contributed by atoms with van der Waals surface area (Å²) >= 11 is 0. The number of piperidine rings is 1. The van der Waals surface area contributed by atoms with E-state index in [2.05, 4.69) is 15.6 Å². The van der Waals surface area contributed by atoms with Crippen LogP contribution in [0.25, 0.3) is 10.9 Å². The van der Waals surface area contributed by atoms with Crippen molar-refractivity contribution in [1.82, 2.24) is 20.5 Å². The monoisotopic (exact) mass is 628 g/mol. The Bertz CT molecular complexity index is 1860. The Balaban J connectivity index is 1.30. The van der Waals surface area contributed by atoms with Gasteiger partial charge in [0.2, 0.25) is 11.5 Å². The van der Waals surface area contributed by atoms with E-state index in [1.165, 1.54) is 25.3 Å². The molecule has 0 aliphatic carbocycles. The van der Waals surface area contributed by atoms with E-state index in [0.29, 0.717) is 40.8 Å². The van der Waals surface area contributed by atoms with Gasteiger partial charge in [-0.2, -0.15) is 0 Å². The van der Waals surface area contributed by atoms with Gasteiger partial charge in [0.05, 0.1) is 18.7 Å². The van der Waals surface area contributed by atoms with E-state index in [0.717, 1.165) is 5.56 Å². The van der Waals surface area contributed by atoms with Crippen molar-refractivity contribution < 1.29 is 33.0 Å². The summed E-state index contributed by atoms with van der Waals surface area (Å²) in [5, 5.41) is 6.36. The Morgan fingerprint density at radius 3 is 2.67 bits per heavy atom. The van der Waals surface area contributed by atoms with Crippen molar-refractivity contribution >= 4 is 28.6 Å². The highest BCUT2D eigenvalue weighted by atomic mass is 19.1. The fourth-order valence-corrected chi connectivity index (χ4v) is 5.84. The molecule has 3 aromatic carbocycles.